The summed E-state index contributed by atoms with van der Waals surface area (Å²) >= 11 is 0. The molecule has 0 spiro atoms. The van der Waals surface area contributed by atoms with Gasteiger partial charge in [-0.05, 0) is 64.0 Å². The van der Waals surface area contributed by atoms with Crippen LogP contribution in [0.1, 0.15) is 52.4 Å². The monoisotopic (exact) mass is 296 g/mol. The van der Waals surface area contributed by atoms with E-state index in [-0.39, 0.29) is 5.91 Å². The lowest BCUT2D eigenvalue weighted by Gasteiger charge is -2.42. The van der Waals surface area contributed by atoms with E-state index in [0.29, 0.717) is 31.2 Å². The Balaban J connectivity index is 1.98. The van der Waals surface area contributed by atoms with E-state index in [4.69, 9.17) is 0 Å². The minimum absolute atomic E-state index is 0.0117. The lowest BCUT2D eigenvalue weighted by atomic mass is 9.83. The molecule has 21 heavy (non-hydrogen) atoms. The first kappa shape index (κ1) is 16.3. The van der Waals surface area contributed by atoms with E-state index in [1.54, 1.807) is 11.8 Å². The van der Waals surface area contributed by atoms with Gasteiger partial charge in [0.2, 0.25) is 5.91 Å². The van der Waals surface area contributed by atoms with E-state index in [2.05, 4.69) is 12.2 Å². The summed E-state index contributed by atoms with van der Waals surface area (Å²) in [6, 6.07) is 0. The van der Waals surface area contributed by atoms with Crippen molar-refractivity contribution in [1.82, 2.24) is 10.2 Å². The lowest BCUT2D eigenvalue weighted by Crippen LogP contribution is -2.57. The molecule has 0 radical (unpaired) electrons. The first-order valence-corrected chi connectivity index (χ1v) is 8.19. The van der Waals surface area contributed by atoms with Crippen molar-refractivity contribution >= 4 is 11.9 Å². The lowest BCUT2D eigenvalue weighted by molar-refractivity contribution is -0.161. The Morgan fingerprint density at radius 1 is 1.38 bits per heavy atom. The minimum atomic E-state index is -1.01. The molecule has 0 bridgehead atoms. The van der Waals surface area contributed by atoms with E-state index in [9.17, 15) is 14.7 Å². The van der Waals surface area contributed by atoms with Gasteiger partial charge in [0.25, 0.3) is 0 Å². The first-order valence-electron chi connectivity index (χ1n) is 8.19. The molecule has 5 nitrogen and oxygen atoms in total. The van der Waals surface area contributed by atoms with Crippen LogP contribution in [0, 0.1) is 11.8 Å². The molecule has 3 atom stereocenters. The van der Waals surface area contributed by atoms with Gasteiger partial charge in [0.1, 0.15) is 5.54 Å². The number of piperidine rings is 2. The van der Waals surface area contributed by atoms with Crippen molar-refractivity contribution in [3.63, 3.8) is 0 Å². The summed E-state index contributed by atoms with van der Waals surface area (Å²) in [5.41, 5.74) is -1.01. The maximum Gasteiger partial charge on any atom is 0.329 e. The van der Waals surface area contributed by atoms with Crippen LogP contribution in [0.5, 0.6) is 0 Å². The summed E-state index contributed by atoms with van der Waals surface area (Å²) in [5.74, 6) is -0.0194. The van der Waals surface area contributed by atoms with Crippen LogP contribution in [0.25, 0.3) is 0 Å². The van der Waals surface area contributed by atoms with Crippen molar-refractivity contribution in [1.29, 1.82) is 0 Å². The van der Waals surface area contributed by atoms with E-state index in [0.717, 1.165) is 32.4 Å². The molecule has 120 valence electrons. The minimum Gasteiger partial charge on any atom is -0.480 e. The Kier molecular flexibility index (Phi) is 5.25. The molecule has 5 heteroatoms. The average molecular weight is 296 g/mol. The normalized spacial score (nSPS) is 31.7. The van der Waals surface area contributed by atoms with Crippen LogP contribution in [0.3, 0.4) is 0 Å². The van der Waals surface area contributed by atoms with Gasteiger partial charge in [0, 0.05) is 13.0 Å². The van der Waals surface area contributed by atoms with Crippen LogP contribution in [0.4, 0.5) is 0 Å². The van der Waals surface area contributed by atoms with Gasteiger partial charge in [-0.25, -0.2) is 4.79 Å². The molecule has 2 rings (SSSR count). The second-order valence-corrected chi connectivity index (χ2v) is 6.87. The highest BCUT2D eigenvalue weighted by molar-refractivity contribution is 5.87. The van der Waals surface area contributed by atoms with Crippen LogP contribution >= 0.6 is 0 Å². The van der Waals surface area contributed by atoms with E-state index in [1.165, 1.54) is 6.42 Å². The molecule has 2 N–H and O–H groups in total. The maximum absolute atomic E-state index is 12.6. The fourth-order valence-corrected chi connectivity index (χ4v) is 3.66. The predicted octanol–water partition coefficient (Wildman–Crippen LogP) is 1.87. The van der Waals surface area contributed by atoms with Crippen molar-refractivity contribution < 1.29 is 14.7 Å². The number of rotatable bonds is 4. The van der Waals surface area contributed by atoms with E-state index in [1.807, 2.05) is 0 Å². The summed E-state index contributed by atoms with van der Waals surface area (Å²) in [7, 11) is 0. The highest BCUT2D eigenvalue weighted by Crippen LogP contribution is 2.31. The van der Waals surface area contributed by atoms with E-state index >= 15 is 0 Å². The van der Waals surface area contributed by atoms with Gasteiger partial charge in [-0.3, -0.25) is 4.79 Å². The zero-order chi connectivity index (χ0) is 15.5. The van der Waals surface area contributed by atoms with Crippen LogP contribution in [-0.2, 0) is 9.59 Å². The number of nitrogens with one attached hydrogen (secondary N) is 1. The number of aliphatic carboxylic acids is 1. The predicted molar refractivity (Wildman–Crippen MR) is 81.0 cm³/mol. The molecule has 3 unspecified atom stereocenters. The number of hydrogen-bond acceptors (Lipinski definition) is 3. The van der Waals surface area contributed by atoms with Crippen molar-refractivity contribution in [3.8, 4) is 0 Å². The summed E-state index contributed by atoms with van der Waals surface area (Å²) in [4.78, 5) is 25.8. The smallest absolute Gasteiger partial charge is 0.329 e. The third kappa shape index (κ3) is 3.57. The Morgan fingerprint density at radius 2 is 2.14 bits per heavy atom. The molecule has 0 aromatic heterocycles. The zero-order valence-corrected chi connectivity index (χ0v) is 13.2. The number of carboxylic acid groups (broad SMARTS) is 1. The number of amides is 1. The molecule has 0 aliphatic carbocycles. The molecule has 2 fully saturated rings. The van der Waals surface area contributed by atoms with Crippen molar-refractivity contribution in [2.45, 2.75) is 57.9 Å². The van der Waals surface area contributed by atoms with Crippen LogP contribution in [0.2, 0.25) is 0 Å². The van der Waals surface area contributed by atoms with Crippen molar-refractivity contribution in [3.05, 3.63) is 0 Å². The quantitative estimate of drug-likeness (QED) is 0.831. The second kappa shape index (κ2) is 6.77. The largest absolute Gasteiger partial charge is 0.480 e. The summed E-state index contributed by atoms with van der Waals surface area (Å²) < 4.78 is 0. The third-order valence-corrected chi connectivity index (χ3v) is 5.29. The van der Waals surface area contributed by atoms with Gasteiger partial charge in [0.05, 0.1) is 0 Å². The Morgan fingerprint density at radius 3 is 2.76 bits per heavy atom. The van der Waals surface area contributed by atoms with Crippen LogP contribution in [0.15, 0.2) is 0 Å². The number of carbonyl (C=O) groups excluding carboxylic acids is 1. The van der Waals surface area contributed by atoms with Gasteiger partial charge in [0.15, 0.2) is 0 Å². The van der Waals surface area contributed by atoms with Crippen LogP contribution < -0.4 is 5.32 Å². The molecule has 0 aromatic carbocycles. The molecule has 0 saturated carbocycles. The molecule has 2 saturated heterocycles. The Hall–Kier alpha value is -1.10. The second-order valence-electron chi connectivity index (χ2n) is 6.87. The highest BCUT2D eigenvalue weighted by atomic mass is 16.4. The van der Waals surface area contributed by atoms with E-state index < -0.39 is 11.5 Å². The highest BCUT2D eigenvalue weighted by Gasteiger charge is 2.44. The Labute approximate surface area is 127 Å². The summed E-state index contributed by atoms with van der Waals surface area (Å²) in [6.07, 6.45) is 5.16. The van der Waals surface area contributed by atoms with Gasteiger partial charge in [-0.2, -0.15) is 0 Å². The first-order chi connectivity index (χ1) is 9.95. The average Bonchev–Trinajstić information content (AvgIpc) is 2.48. The molecular weight excluding hydrogens is 268 g/mol. The number of hydrogen-bond donors (Lipinski definition) is 2. The number of carboxylic acids is 1. The molecule has 2 heterocycles. The van der Waals surface area contributed by atoms with Gasteiger partial charge < -0.3 is 15.3 Å². The zero-order valence-electron chi connectivity index (χ0n) is 13.2. The Bertz CT molecular complexity index is 393. The SMILES string of the molecule is CC(CC(=O)N1CCCCC1(C)C(=O)O)C1CCCNC1. The molecule has 2 aliphatic rings. The number of carbonyl (C=O) groups is 2. The standard InChI is InChI=1S/C16H28N2O3/c1-12(13-6-5-8-17-11-13)10-14(19)18-9-4-3-7-16(18,2)15(20)21/h12-13,17H,3-11H2,1-2H3,(H,20,21). The van der Waals surface area contributed by atoms with Crippen molar-refractivity contribution in [2.75, 3.05) is 19.6 Å². The van der Waals surface area contributed by atoms with Gasteiger partial charge in [-0.15, -0.1) is 0 Å². The van der Waals surface area contributed by atoms with Gasteiger partial charge in [-0.1, -0.05) is 6.92 Å². The topological polar surface area (TPSA) is 69.6 Å². The summed E-state index contributed by atoms with van der Waals surface area (Å²) in [5, 5.41) is 12.9. The third-order valence-electron chi connectivity index (χ3n) is 5.29. The fraction of sp³-hybridized carbons (Fsp3) is 0.875. The van der Waals surface area contributed by atoms with Gasteiger partial charge >= 0.3 is 5.97 Å². The fourth-order valence-electron chi connectivity index (χ4n) is 3.66. The van der Waals surface area contributed by atoms with Crippen molar-refractivity contribution in [2.24, 2.45) is 11.8 Å². The molecule has 2 aliphatic heterocycles. The maximum atomic E-state index is 12.6. The molecule has 0 aromatic rings. The number of nitrogens with zero attached hydrogens (tertiary/aromatic N) is 1. The number of likely N-dealkylation sites (tertiary alicyclic amines) is 1. The van der Waals surface area contributed by atoms with Crippen LogP contribution in [-0.4, -0.2) is 47.1 Å². The molecular formula is C16H28N2O3. The summed E-state index contributed by atoms with van der Waals surface area (Å²) in [6.45, 7) is 6.44. The molecule has 1 amide bonds.